The molecule has 1 aromatic rings. The molecule has 0 fully saturated rings. The maximum atomic E-state index is 12.2. The third-order valence-electron chi connectivity index (χ3n) is 3.25. The predicted molar refractivity (Wildman–Crippen MR) is 80.4 cm³/mol. The van der Waals surface area contributed by atoms with Crippen LogP contribution in [0.1, 0.15) is 45.1 Å². The van der Waals surface area contributed by atoms with Crippen LogP contribution in [0.5, 0.6) is 0 Å². The van der Waals surface area contributed by atoms with Crippen LogP contribution in [-0.2, 0) is 9.59 Å². The van der Waals surface area contributed by atoms with Crippen molar-refractivity contribution < 1.29 is 9.59 Å². The van der Waals surface area contributed by atoms with Gasteiger partial charge in [-0.25, -0.2) is 0 Å². The number of hydrogen-bond acceptors (Lipinski definition) is 2. The molecule has 2 amide bonds. The van der Waals surface area contributed by atoms with Crippen molar-refractivity contribution in [2.24, 2.45) is 0 Å². The van der Waals surface area contributed by atoms with E-state index < -0.39 is 6.04 Å². The second-order valence-electron chi connectivity index (χ2n) is 4.88. The summed E-state index contributed by atoms with van der Waals surface area (Å²) in [5.41, 5.74) is 0.955. The summed E-state index contributed by atoms with van der Waals surface area (Å²) in [6.45, 7) is 6.29. The van der Waals surface area contributed by atoms with Crippen LogP contribution in [0.15, 0.2) is 30.3 Å². The first-order valence-corrected chi connectivity index (χ1v) is 7.23. The maximum Gasteiger partial charge on any atom is 0.242 e. The summed E-state index contributed by atoms with van der Waals surface area (Å²) in [7, 11) is 0. The van der Waals surface area contributed by atoms with Crippen molar-refractivity contribution in [1.82, 2.24) is 10.6 Å². The molecule has 2 unspecified atom stereocenters. The second kappa shape index (κ2) is 8.35. The van der Waals surface area contributed by atoms with Gasteiger partial charge in [0, 0.05) is 6.54 Å². The van der Waals surface area contributed by atoms with Crippen molar-refractivity contribution in [1.29, 1.82) is 0 Å². The van der Waals surface area contributed by atoms with Crippen LogP contribution in [0.3, 0.4) is 0 Å². The Labute approximate surface area is 121 Å². The zero-order valence-corrected chi connectivity index (χ0v) is 12.5. The highest BCUT2D eigenvalue weighted by atomic mass is 16.2. The van der Waals surface area contributed by atoms with E-state index in [0.717, 1.165) is 12.0 Å². The normalized spacial score (nSPS) is 13.3. The van der Waals surface area contributed by atoms with Gasteiger partial charge in [-0.3, -0.25) is 9.59 Å². The van der Waals surface area contributed by atoms with E-state index in [0.29, 0.717) is 13.0 Å². The molecule has 1 aromatic carbocycles. The zero-order valence-electron chi connectivity index (χ0n) is 12.5. The molecule has 0 aliphatic carbocycles. The summed E-state index contributed by atoms with van der Waals surface area (Å²) in [4.78, 5) is 24.1. The zero-order chi connectivity index (χ0) is 15.0. The van der Waals surface area contributed by atoms with E-state index in [1.54, 1.807) is 0 Å². The Kier molecular flexibility index (Phi) is 6.77. The predicted octanol–water partition coefficient (Wildman–Crippen LogP) is 2.21. The lowest BCUT2D eigenvalue weighted by Crippen LogP contribution is -2.47. The maximum absolute atomic E-state index is 12.2. The molecule has 0 spiro atoms. The number of carbonyl (C=O) groups is 2. The summed E-state index contributed by atoms with van der Waals surface area (Å²) in [5, 5.41) is 5.61. The number of likely N-dealkylation sites (N-methyl/N-ethyl adjacent to an activating group) is 1. The number of amides is 2. The van der Waals surface area contributed by atoms with Crippen LogP contribution >= 0.6 is 0 Å². The van der Waals surface area contributed by atoms with Gasteiger partial charge in [-0.05, 0) is 25.8 Å². The smallest absolute Gasteiger partial charge is 0.242 e. The number of carbonyl (C=O) groups excluding carboxylic acids is 2. The van der Waals surface area contributed by atoms with Crippen LogP contribution < -0.4 is 10.6 Å². The van der Waals surface area contributed by atoms with Crippen molar-refractivity contribution >= 4 is 11.8 Å². The largest absolute Gasteiger partial charge is 0.355 e. The van der Waals surface area contributed by atoms with E-state index in [-0.39, 0.29) is 17.7 Å². The lowest BCUT2D eigenvalue weighted by Gasteiger charge is -2.20. The number of rotatable bonds is 7. The van der Waals surface area contributed by atoms with Gasteiger partial charge in [0.15, 0.2) is 0 Å². The van der Waals surface area contributed by atoms with E-state index >= 15 is 0 Å². The fraction of sp³-hybridized carbons (Fsp3) is 0.500. The third kappa shape index (κ3) is 4.68. The molecule has 4 heteroatoms. The van der Waals surface area contributed by atoms with E-state index in [1.807, 2.05) is 51.1 Å². The van der Waals surface area contributed by atoms with Gasteiger partial charge in [-0.2, -0.15) is 0 Å². The quantitative estimate of drug-likeness (QED) is 0.802. The topological polar surface area (TPSA) is 58.2 Å². The first kappa shape index (κ1) is 16.2. The molecule has 4 nitrogen and oxygen atoms in total. The number of hydrogen-bond donors (Lipinski definition) is 2. The Morgan fingerprint density at radius 1 is 1.10 bits per heavy atom. The lowest BCUT2D eigenvalue weighted by atomic mass is 9.99. The van der Waals surface area contributed by atoms with Gasteiger partial charge in [0.25, 0.3) is 0 Å². The molecule has 0 saturated heterocycles. The Balaban J connectivity index is 2.68. The molecule has 0 radical (unpaired) electrons. The molecular formula is C16H24N2O2. The lowest BCUT2D eigenvalue weighted by molar-refractivity contribution is -0.129. The summed E-state index contributed by atoms with van der Waals surface area (Å²) >= 11 is 0. The molecule has 0 aromatic heterocycles. The van der Waals surface area contributed by atoms with Gasteiger partial charge in [0.05, 0.1) is 5.92 Å². The van der Waals surface area contributed by atoms with Crippen molar-refractivity contribution in [3.8, 4) is 0 Å². The van der Waals surface area contributed by atoms with E-state index in [9.17, 15) is 9.59 Å². The first-order valence-electron chi connectivity index (χ1n) is 7.23. The number of nitrogens with one attached hydrogen (secondary N) is 2. The second-order valence-corrected chi connectivity index (χ2v) is 4.88. The van der Waals surface area contributed by atoms with Crippen molar-refractivity contribution in [3.63, 3.8) is 0 Å². The van der Waals surface area contributed by atoms with Gasteiger partial charge in [-0.1, -0.05) is 43.7 Å². The molecule has 0 bridgehead atoms. The third-order valence-corrected chi connectivity index (χ3v) is 3.25. The Hall–Kier alpha value is -1.84. The average Bonchev–Trinajstić information content (AvgIpc) is 2.47. The summed E-state index contributed by atoms with van der Waals surface area (Å²) < 4.78 is 0. The Morgan fingerprint density at radius 3 is 2.30 bits per heavy atom. The molecule has 2 N–H and O–H groups in total. The summed E-state index contributed by atoms with van der Waals surface area (Å²) in [6.07, 6.45) is 1.50. The van der Waals surface area contributed by atoms with Crippen molar-refractivity contribution in [2.45, 2.75) is 45.6 Å². The minimum absolute atomic E-state index is 0.108. The fourth-order valence-electron chi connectivity index (χ4n) is 2.04. The van der Waals surface area contributed by atoms with Crippen LogP contribution in [0, 0.1) is 0 Å². The number of benzene rings is 1. The molecule has 110 valence electrons. The Morgan fingerprint density at radius 2 is 1.75 bits per heavy atom. The molecule has 20 heavy (non-hydrogen) atoms. The summed E-state index contributed by atoms with van der Waals surface area (Å²) in [6, 6.07) is 9.14. The minimum atomic E-state index is -0.446. The standard InChI is InChI=1S/C16H24N2O2/c1-4-9-14(16(20)17-5-2)18-15(19)12(3)13-10-7-6-8-11-13/h6-8,10-12,14H,4-5,9H2,1-3H3,(H,17,20)(H,18,19). The fourth-order valence-corrected chi connectivity index (χ4v) is 2.04. The van der Waals surface area contributed by atoms with E-state index in [2.05, 4.69) is 10.6 Å². The van der Waals surface area contributed by atoms with Gasteiger partial charge >= 0.3 is 0 Å². The van der Waals surface area contributed by atoms with Gasteiger partial charge < -0.3 is 10.6 Å². The highest BCUT2D eigenvalue weighted by Crippen LogP contribution is 2.15. The van der Waals surface area contributed by atoms with E-state index in [4.69, 9.17) is 0 Å². The van der Waals surface area contributed by atoms with Crippen molar-refractivity contribution in [3.05, 3.63) is 35.9 Å². The molecule has 2 atom stereocenters. The van der Waals surface area contributed by atoms with Gasteiger partial charge in [0.2, 0.25) is 11.8 Å². The summed E-state index contributed by atoms with van der Waals surface area (Å²) in [5.74, 6) is -0.478. The van der Waals surface area contributed by atoms with Gasteiger partial charge in [-0.15, -0.1) is 0 Å². The average molecular weight is 276 g/mol. The van der Waals surface area contributed by atoms with Crippen LogP contribution in [-0.4, -0.2) is 24.4 Å². The van der Waals surface area contributed by atoms with Crippen LogP contribution in [0.25, 0.3) is 0 Å². The molecule has 0 aliphatic rings. The van der Waals surface area contributed by atoms with E-state index in [1.165, 1.54) is 0 Å². The van der Waals surface area contributed by atoms with Gasteiger partial charge in [0.1, 0.15) is 6.04 Å². The van der Waals surface area contributed by atoms with Crippen LogP contribution in [0.4, 0.5) is 0 Å². The van der Waals surface area contributed by atoms with Crippen molar-refractivity contribution in [2.75, 3.05) is 6.54 Å². The SMILES string of the molecule is CCCC(NC(=O)C(C)c1ccccc1)C(=O)NCC. The Bertz CT molecular complexity index is 431. The highest BCUT2D eigenvalue weighted by molar-refractivity contribution is 5.90. The van der Waals surface area contributed by atoms with Crippen LogP contribution in [0.2, 0.25) is 0 Å². The molecule has 0 aliphatic heterocycles. The molecule has 0 heterocycles. The minimum Gasteiger partial charge on any atom is -0.355 e. The first-order chi connectivity index (χ1) is 9.60. The molecule has 0 saturated carbocycles. The highest BCUT2D eigenvalue weighted by Gasteiger charge is 2.22. The monoisotopic (exact) mass is 276 g/mol. The molecular weight excluding hydrogens is 252 g/mol. The molecule has 1 rings (SSSR count).